The third kappa shape index (κ3) is 9.90. The van der Waals surface area contributed by atoms with Crippen molar-refractivity contribution in [2.45, 2.75) is 52.4 Å². The van der Waals surface area contributed by atoms with E-state index in [9.17, 15) is 14.6 Å². The number of aromatic nitrogens is 2. The van der Waals surface area contributed by atoms with Crippen LogP contribution in [0.25, 0.3) is 21.1 Å². The first kappa shape index (κ1) is 33.2. The number of ether oxygens (including phenoxy) is 3. The maximum absolute atomic E-state index is 15.1. The number of amides is 1. The Balaban J connectivity index is 1.78. The molecule has 0 saturated heterocycles. The van der Waals surface area contributed by atoms with Crippen molar-refractivity contribution in [3.63, 3.8) is 0 Å². The first-order chi connectivity index (χ1) is 19.5. The van der Waals surface area contributed by atoms with Crippen LogP contribution in [-0.4, -0.2) is 57.0 Å². The van der Waals surface area contributed by atoms with Crippen molar-refractivity contribution in [1.82, 2.24) is 15.5 Å². The predicted molar refractivity (Wildman–Crippen MR) is 153 cm³/mol. The standard InChI is InChI=1S/C26H29ClFN4O8PS/c1-14(2)39-21-7-6-15(8-16(21)11-29)23-31-32-24(42-23)18-9-20(28)22(10-19(18)27)37-12-17(13-38-41(34,35)36)30-25(33)40-26(3,4)5/h6-10,14,17H,12-13H2,1-5H3,(H,30,33)(H2,34,35,36). The normalized spacial score (nSPS) is 12.5. The summed E-state index contributed by atoms with van der Waals surface area (Å²) < 4.78 is 46.9. The van der Waals surface area contributed by atoms with Crippen molar-refractivity contribution < 1.29 is 42.3 Å². The lowest BCUT2D eigenvalue weighted by atomic mass is 10.1. The number of hydrogen-bond acceptors (Lipinski definition) is 10. The number of hydrogen-bond donors (Lipinski definition) is 3. The minimum atomic E-state index is -4.87. The molecule has 3 N–H and O–H groups in total. The largest absolute Gasteiger partial charge is 0.490 e. The van der Waals surface area contributed by atoms with Gasteiger partial charge in [0, 0.05) is 17.2 Å². The van der Waals surface area contributed by atoms with Gasteiger partial charge in [0.15, 0.2) is 11.6 Å². The van der Waals surface area contributed by atoms with Gasteiger partial charge in [0.2, 0.25) is 0 Å². The molecule has 1 amide bonds. The Kier molecular flexibility index (Phi) is 10.9. The van der Waals surface area contributed by atoms with Crippen LogP contribution in [-0.2, 0) is 13.8 Å². The summed E-state index contributed by atoms with van der Waals surface area (Å²) in [7, 11) is -4.87. The molecule has 42 heavy (non-hydrogen) atoms. The van der Waals surface area contributed by atoms with E-state index < -0.39 is 44.6 Å². The summed E-state index contributed by atoms with van der Waals surface area (Å²) in [6.07, 6.45) is -1.00. The summed E-state index contributed by atoms with van der Waals surface area (Å²) >= 11 is 7.55. The monoisotopic (exact) mass is 642 g/mol. The van der Waals surface area contributed by atoms with Gasteiger partial charge >= 0.3 is 13.9 Å². The predicted octanol–water partition coefficient (Wildman–Crippen LogP) is 5.70. The number of carbonyl (C=O) groups excluding carboxylic acids is 1. The number of phosphoric ester groups is 1. The van der Waals surface area contributed by atoms with E-state index in [-0.39, 0.29) is 22.4 Å². The molecule has 2 aromatic carbocycles. The number of carbonyl (C=O) groups is 1. The van der Waals surface area contributed by atoms with E-state index in [1.807, 2.05) is 13.8 Å². The van der Waals surface area contributed by atoms with E-state index in [2.05, 4.69) is 26.1 Å². The van der Waals surface area contributed by atoms with Crippen LogP contribution in [0.3, 0.4) is 0 Å². The summed E-state index contributed by atoms with van der Waals surface area (Å²) in [5.41, 5.74) is 0.334. The molecule has 1 aromatic heterocycles. The Morgan fingerprint density at radius 2 is 1.86 bits per heavy atom. The Hall–Kier alpha value is -3.31. The van der Waals surface area contributed by atoms with Gasteiger partial charge in [-0.15, -0.1) is 10.2 Å². The maximum atomic E-state index is 15.1. The van der Waals surface area contributed by atoms with Gasteiger partial charge in [-0.2, -0.15) is 5.26 Å². The molecule has 0 fully saturated rings. The van der Waals surface area contributed by atoms with Crippen LogP contribution < -0.4 is 14.8 Å². The lowest BCUT2D eigenvalue weighted by Crippen LogP contribution is -2.44. The minimum Gasteiger partial charge on any atom is -0.490 e. The molecule has 3 rings (SSSR count). The second-order valence-corrected chi connectivity index (χ2v) is 12.7. The van der Waals surface area contributed by atoms with E-state index in [1.165, 1.54) is 6.07 Å². The smallest absolute Gasteiger partial charge is 0.469 e. The Labute approximate surface area is 250 Å². The molecular weight excluding hydrogens is 614 g/mol. The van der Waals surface area contributed by atoms with Gasteiger partial charge in [-0.25, -0.2) is 13.8 Å². The summed E-state index contributed by atoms with van der Waals surface area (Å²) in [6, 6.07) is 8.31. The number of benzene rings is 2. The molecule has 0 spiro atoms. The molecule has 1 heterocycles. The second kappa shape index (κ2) is 13.8. The topological polar surface area (TPSA) is 173 Å². The highest BCUT2D eigenvalue weighted by Gasteiger charge is 2.24. The number of nitrogens with one attached hydrogen (secondary N) is 1. The lowest BCUT2D eigenvalue weighted by Gasteiger charge is -2.24. The molecule has 0 bridgehead atoms. The van der Waals surface area contributed by atoms with Crippen LogP contribution >= 0.6 is 30.8 Å². The first-order valence-electron chi connectivity index (χ1n) is 12.4. The highest BCUT2D eigenvalue weighted by atomic mass is 35.5. The Morgan fingerprint density at radius 3 is 2.48 bits per heavy atom. The number of alkyl carbamates (subject to hydrolysis) is 1. The lowest BCUT2D eigenvalue weighted by molar-refractivity contribution is 0.0452. The van der Waals surface area contributed by atoms with E-state index in [0.29, 0.717) is 26.9 Å². The Bertz CT molecular complexity index is 1520. The van der Waals surface area contributed by atoms with Crippen molar-refractivity contribution in [3.05, 3.63) is 46.7 Å². The van der Waals surface area contributed by atoms with Crippen molar-refractivity contribution in [2.24, 2.45) is 0 Å². The van der Waals surface area contributed by atoms with Crippen LogP contribution in [0.15, 0.2) is 30.3 Å². The van der Waals surface area contributed by atoms with Gasteiger partial charge < -0.3 is 29.3 Å². The average Bonchev–Trinajstić information content (AvgIpc) is 3.35. The average molecular weight is 643 g/mol. The summed E-state index contributed by atoms with van der Waals surface area (Å²) in [5.74, 6) is -0.668. The molecule has 0 radical (unpaired) electrons. The molecule has 3 aromatic rings. The van der Waals surface area contributed by atoms with Gasteiger partial charge in [0.25, 0.3) is 0 Å². The quantitative estimate of drug-likeness (QED) is 0.219. The second-order valence-electron chi connectivity index (χ2n) is 10.1. The van der Waals surface area contributed by atoms with E-state index >= 15 is 4.39 Å². The summed E-state index contributed by atoms with van der Waals surface area (Å²) in [6.45, 7) is 7.51. The Morgan fingerprint density at radius 1 is 1.17 bits per heavy atom. The van der Waals surface area contributed by atoms with E-state index in [4.69, 9.17) is 35.6 Å². The first-order valence-corrected chi connectivity index (χ1v) is 15.1. The van der Waals surface area contributed by atoms with Crippen LogP contribution in [0, 0.1) is 17.1 Å². The minimum absolute atomic E-state index is 0.0793. The summed E-state index contributed by atoms with van der Waals surface area (Å²) in [5, 5.41) is 21.0. The molecule has 16 heteroatoms. The van der Waals surface area contributed by atoms with Gasteiger partial charge in [-0.05, 0) is 58.9 Å². The van der Waals surface area contributed by atoms with Crippen LogP contribution in [0.5, 0.6) is 11.5 Å². The number of nitriles is 1. The molecule has 0 aliphatic carbocycles. The van der Waals surface area contributed by atoms with Gasteiger partial charge in [0.05, 0.1) is 29.3 Å². The molecular formula is C26H29ClFN4O8PS. The van der Waals surface area contributed by atoms with E-state index in [1.54, 1.807) is 39.0 Å². The molecule has 226 valence electrons. The number of phosphoric acid groups is 1. The van der Waals surface area contributed by atoms with E-state index in [0.717, 1.165) is 17.4 Å². The van der Waals surface area contributed by atoms with Gasteiger partial charge in [0.1, 0.15) is 34.0 Å². The molecule has 0 aliphatic rings. The fraction of sp³-hybridized carbons (Fsp3) is 0.385. The molecule has 1 unspecified atom stereocenters. The fourth-order valence-electron chi connectivity index (χ4n) is 3.34. The van der Waals surface area contributed by atoms with Gasteiger partial charge in [-0.3, -0.25) is 4.52 Å². The number of halogens is 2. The molecule has 12 nitrogen and oxygen atoms in total. The highest BCUT2D eigenvalue weighted by Crippen LogP contribution is 2.38. The van der Waals surface area contributed by atoms with Crippen LogP contribution in [0.1, 0.15) is 40.2 Å². The molecule has 0 saturated carbocycles. The van der Waals surface area contributed by atoms with Gasteiger partial charge in [-0.1, -0.05) is 22.9 Å². The molecule has 1 atom stereocenters. The zero-order valence-electron chi connectivity index (χ0n) is 23.3. The number of nitrogens with zero attached hydrogens (tertiary/aromatic N) is 3. The third-order valence-corrected chi connectivity index (χ3v) is 6.80. The van der Waals surface area contributed by atoms with Crippen LogP contribution in [0.4, 0.5) is 9.18 Å². The van der Waals surface area contributed by atoms with Crippen molar-refractivity contribution >= 4 is 36.9 Å². The summed E-state index contributed by atoms with van der Waals surface area (Å²) in [4.78, 5) is 30.2. The highest BCUT2D eigenvalue weighted by molar-refractivity contribution is 7.46. The zero-order valence-corrected chi connectivity index (χ0v) is 25.7. The maximum Gasteiger partial charge on any atom is 0.469 e. The van der Waals surface area contributed by atoms with Crippen molar-refractivity contribution in [1.29, 1.82) is 5.26 Å². The number of rotatable bonds is 11. The van der Waals surface area contributed by atoms with Crippen LogP contribution in [0.2, 0.25) is 5.02 Å². The zero-order chi connectivity index (χ0) is 31.2. The fourth-order valence-corrected chi connectivity index (χ4v) is 4.89. The molecule has 0 aliphatic heterocycles. The third-order valence-electron chi connectivity index (χ3n) is 4.99. The van der Waals surface area contributed by atoms with Crippen molar-refractivity contribution in [2.75, 3.05) is 13.2 Å². The SMILES string of the molecule is CC(C)Oc1ccc(-c2nnc(-c3cc(F)c(OCC(COP(=O)(O)O)NC(=O)OC(C)(C)C)cc3Cl)s2)cc1C#N. The van der Waals surface area contributed by atoms with Crippen molar-refractivity contribution in [3.8, 4) is 38.7 Å².